The van der Waals surface area contributed by atoms with Gasteiger partial charge >= 0.3 is 0 Å². The molecule has 0 bridgehead atoms. The van der Waals surface area contributed by atoms with Gasteiger partial charge in [-0.25, -0.2) is 4.39 Å². The molecule has 0 radical (unpaired) electrons. The molecular formula is C12H13FO. The summed E-state index contributed by atoms with van der Waals surface area (Å²) in [6, 6.07) is 4.57. The number of allylic oxidation sites excluding steroid dienone is 1. The number of halogens is 1. The van der Waals surface area contributed by atoms with Crippen molar-refractivity contribution < 1.29 is 9.18 Å². The van der Waals surface area contributed by atoms with Crippen LogP contribution >= 0.6 is 0 Å². The lowest BCUT2D eigenvalue weighted by molar-refractivity contribution is 0.0979. The Morgan fingerprint density at radius 3 is 2.93 bits per heavy atom. The standard InChI is InChI=1S/C12H13FO/c1-3-4-5-12(14)10-8-9(2)6-7-11(10)13/h3,6-8H,1,4-5H2,2H3. The van der Waals surface area contributed by atoms with E-state index in [9.17, 15) is 9.18 Å². The molecule has 14 heavy (non-hydrogen) atoms. The van der Waals surface area contributed by atoms with E-state index in [1.807, 2.05) is 6.92 Å². The SMILES string of the molecule is C=CCCC(=O)c1cc(C)ccc1F. The molecule has 0 aromatic heterocycles. The Morgan fingerprint density at radius 1 is 1.57 bits per heavy atom. The predicted molar refractivity (Wildman–Crippen MR) is 54.9 cm³/mol. The molecule has 0 spiro atoms. The van der Waals surface area contributed by atoms with Gasteiger partial charge in [0.25, 0.3) is 0 Å². The van der Waals surface area contributed by atoms with Crippen molar-refractivity contribution in [2.24, 2.45) is 0 Å². The zero-order valence-electron chi connectivity index (χ0n) is 8.22. The lowest BCUT2D eigenvalue weighted by Crippen LogP contribution is -2.02. The summed E-state index contributed by atoms with van der Waals surface area (Å²) < 4.78 is 13.2. The fraction of sp³-hybridized carbons (Fsp3) is 0.250. The van der Waals surface area contributed by atoms with Crippen LogP contribution in [0.1, 0.15) is 28.8 Å². The van der Waals surface area contributed by atoms with E-state index in [2.05, 4.69) is 6.58 Å². The maximum Gasteiger partial charge on any atom is 0.166 e. The van der Waals surface area contributed by atoms with Gasteiger partial charge in [0, 0.05) is 6.42 Å². The lowest BCUT2D eigenvalue weighted by Gasteiger charge is -2.02. The number of aryl methyl sites for hydroxylation is 1. The summed E-state index contributed by atoms with van der Waals surface area (Å²) >= 11 is 0. The van der Waals surface area contributed by atoms with Crippen molar-refractivity contribution in [2.45, 2.75) is 19.8 Å². The van der Waals surface area contributed by atoms with E-state index in [0.717, 1.165) is 5.56 Å². The highest BCUT2D eigenvalue weighted by molar-refractivity contribution is 5.96. The topological polar surface area (TPSA) is 17.1 Å². The van der Waals surface area contributed by atoms with E-state index in [-0.39, 0.29) is 11.3 Å². The third kappa shape index (κ3) is 2.52. The molecule has 0 unspecified atom stereocenters. The minimum Gasteiger partial charge on any atom is -0.294 e. The first kappa shape index (κ1) is 10.6. The molecule has 74 valence electrons. The van der Waals surface area contributed by atoms with Crippen LogP contribution in [-0.2, 0) is 0 Å². The van der Waals surface area contributed by atoms with Crippen LogP contribution in [0.25, 0.3) is 0 Å². The third-order valence-electron chi connectivity index (χ3n) is 2.00. The maximum absolute atomic E-state index is 13.2. The fourth-order valence-electron chi connectivity index (χ4n) is 1.22. The van der Waals surface area contributed by atoms with Crippen LogP contribution in [0.4, 0.5) is 4.39 Å². The van der Waals surface area contributed by atoms with Crippen molar-refractivity contribution >= 4 is 5.78 Å². The quantitative estimate of drug-likeness (QED) is 0.528. The van der Waals surface area contributed by atoms with Gasteiger partial charge in [-0.15, -0.1) is 6.58 Å². The van der Waals surface area contributed by atoms with Crippen molar-refractivity contribution in [2.75, 3.05) is 0 Å². The third-order valence-corrected chi connectivity index (χ3v) is 2.00. The highest BCUT2D eigenvalue weighted by Gasteiger charge is 2.10. The number of carbonyl (C=O) groups is 1. The van der Waals surface area contributed by atoms with Gasteiger partial charge in [-0.05, 0) is 25.5 Å². The monoisotopic (exact) mass is 192 g/mol. The first-order valence-corrected chi connectivity index (χ1v) is 4.55. The zero-order chi connectivity index (χ0) is 10.6. The Labute approximate surface area is 83.3 Å². The fourth-order valence-corrected chi connectivity index (χ4v) is 1.22. The predicted octanol–water partition coefficient (Wildman–Crippen LogP) is 3.28. The molecule has 0 fully saturated rings. The second-order valence-corrected chi connectivity index (χ2v) is 3.23. The van der Waals surface area contributed by atoms with Gasteiger partial charge < -0.3 is 0 Å². The van der Waals surface area contributed by atoms with E-state index in [1.54, 1.807) is 18.2 Å². The minimum atomic E-state index is -0.440. The van der Waals surface area contributed by atoms with Crippen LogP contribution in [0.5, 0.6) is 0 Å². The van der Waals surface area contributed by atoms with E-state index < -0.39 is 5.82 Å². The van der Waals surface area contributed by atoms with E-state index in [0.29, 0.717) is 12.8 Å². The largest absolute Gasteiger partial charge is 0.294 e. The molecule has 2 heteroatoms. The molecule has 1 nitrogen and oxygen atoms in total. The van der Waals surface area contributed by atoms with Crippen LogP contribution in [0.2, 0.25) is 0 Å². The van der Waals surface area contributed by atoms with Crippen LogP contribution < -0.4 is 0 Å². The second kappa shape index (κ2) is 4.70. The van der Waals surface area contributed by atoms with Gasteiger partial charge in [-0.2, -0.15) is 0 Å². The average molecular weight is 192 g/mol. The number of benzene rings is 1. The molecule has 0 aliphatic heterocycles. The Morgan fingerprint density at radius 2 is 2.29 bits per heavy atom. The summed E-state index contributed by atoms with van der Waals surface area (Å²) in [5, 5.41) is 0. The molecule has 0 N–H and O–H groups in total. The van der Waals surface area contributed by atoms with Gasteiger partial charge in [0.05, 0.1) is 5.56 Å². The number of ketones is 1. The summed E-state index contributed by atoms with van der Waals surface area (Å²) in [6.07, 6.45) is 2.57. The van der Waals surface area contributed by atoms with E-state index in [1.165, 1.54) is 6.07 Å². The van der Waals surface area contributed by atoms with Gasteiger partial charge in [0.15, 0.2) is 5.78 Å². The highest BCUT2D eigenvalue weighted by atomic mass is 19.1. The van der Waals surface area contributed by atoms with Crippen LogP contribution in [0, 0.1) is 12.7 Å². The number of hydrogen-bond acceptors (Lipinski definition) is 1. The number of hydrogen-bond donors (Lipinski definition) is 0. The first-order chi connectivity index (χ1) is 6.65. The zero-order valence-corrected chi connectivity index (χ0v) is 8.22. The Hall–Kier alpha value is -1.44. The smallest absolute Gasteiger partial charge is 0.166 e. The second-order valence-electron chi connectivity index (χ2n) is 3.23. The molecule has 1 aromatic rings. The summed E-state index contributed by atoms with van der Waals surface area (Å²) in [5.41, 5.74) is 1.08. The maximum atomic E-state index is 13.2. The van der Waals surface area contributed by atoms with Crippen molar-refractivity contribution in [1.29, 1.82) is 0 Å². The molecule has 0 aliphatic carbocycles. The van der Waals surface area contributed by atoms with Gasteiger partial charge in [-0.3, -0.25) is 4.79 Å². The van der Waals surface area contributed by atoms with Gasteiger partial charge in [-0.1, -0.05) is 17.7 Å². The van der Waals surface area contributed by atoms with Gasteiger partial charge in [0.1, 0.15) is 5.82 Å². The number of rotatable bonds is 4. The normalized spacial score (nSPS) is 9.86. The molecule has 0 aliphatic rings. The lowest BCUT2D eigenvalue weighted by atomic mass is 10.0. The average Bonchev–Trinajstić information content (AvgIpc) is 2.18. The van der Waals surface area contributed by atoms with E-state index in [4.69, 9.17) is 0 Å². The van der Waals surface area contributed by atoms with Crippen molar-refractivity contribution in [3.05, 3.63) is 47.8 Å². The van der Waals surface area contributed by atoms with Gasteiger partial charge in [0.2, 0.25) is 0 Å². The molecule has 0 atom stereocenters. The van der Waals surface area contributed by atoms with Crippen molar-refractivity contribution in [3.8, 4) is 0 Å². The molecule has 1 aromatic carbocycles. The molecule has 0 saturated carbocycles. The Bertz CT molecular complexity index is 355. The van der Waals surface area contributed by atoms with Crippen molar-refractivity contribution in [3.63, 3.8) is 0 Å². The molecule has 0 saturated heterocycles. The highest BCUT2D eigenvalue weighted by Crippen LogP contribution is 2.13. The van der Waals surface area contributed by atoms with Crippen molar-refractivity contribution in [1.82, 2.24) is 0 Å². The van der Waals surface area contributed by atoms with Crippen LogP contribution in [0.3, 0.4) is 0 Å². The Balaban J connectivity index is 2.88. The summed E-state index contributed by atoms with van der Waals surface area (Å²) in [6.45, 7) is 5.36. The van der Waals surface area contributed by atoms with Crippen LogP contribution in [-0.4, -0.2) is 5.78 Å². The van der Waals surface area contributed by atoms with E-state index >= 15 is 0 Å². The summed E-state index contributed by atoms with van der Waals surface area (Å²) in [4.78, 5) is 11.5. The first-order valence-electron chi connectivity index (χ1n) is 4.55. The molecule has 1 rings (SSSR count). The Kier molecular flexibility index (Phi) is 3.57. The summed E-state index contributed by atoms with van der Waals surface area (Å²) in [5.74, 6) is -0.601. The molecular weight excluding hydrogens is 179 g/mol. The van der Waals surface area contributed by atoms with Crippen LogP contribution in [0.15, 0.2) is 30.9 Å². The minimum absolute atomic E-state index is 0.161. The summed E-state index contributed by atoms with van der Waals surface area (Å²) in [7, 11) is 0. The number of Topliss-reactive ketones (excluding diaryl/α,β-unsaturated/α-hetero) is 1. The molecule has 0 heterocycles. The number of carbonyl (C=O) groups excluding carboxylic acids is 1. The molecule has 0 amide bonds.